The first-order valence-corrected chi connectivity index (χ1v) is 7.11. The Labute approximate surface area is 126 Å². The topological polar surface area (TPSA) is 30.5 Å². The Morgan fingerprint density at radius 3 is 2.29 bits per heavy atom. The van der Waals surface area contributed by atoms with E-state index in [-0.39, 0.29) is 6.04 Å². The Hall–Kier alpha value is -2.16. The predicted molar refractivity (Wildman–Crippen MR) is 87.5 cm³/mol. The molecule has 0 bridgehead atoms. The third-order valence-corrected chi connectivity index (χ3v) is 3.81. The Morgan fingerprint density at radius 2 is 1.67 bits per heavy atom. The van der Waals surface area contributed by atoms with Crippen molar-refractivity contribution in [1.29, 1.82) is 0 Å². The lowest BCUT2D eigenvalue weighted by Gasteiger charge is -2.19. The molecular formula is C18H23NO2. The van der Waals surface area contributed by atoms with Gasteiger partial charge in [-0.25, -0.2) is 0 Å². The van der Waals surface area contributed by atoms with Gasteiger partial charge in [-0.3, -0.25) is 0 Å². The van der Waals surface area contributed by atoms with Crippen molar-refractivity contribution >= 4 is 5.69 Å². The Morgan fingerprint density at radius 1 is 0.905 bits per heavy atom. The number of benzene rings is 2. The van der Waals surface area contributed by atoms with Crippen LogP contribution in [0.5, 0.6) is 11.5 Å². The number of hydrogen-bond donors (Lipinski definition) is 1. The van der Waals surface area contributed by atoms with E-state index < -0.39 is 0 Å². The highest BCUT2D eigenvalue weighted by molar-refractivity contribution is 5.60. The normalized spacial score (nSPS) is 11.9. The second kappa shape index (κ2) is 6.53. The van der Waals surface area contributed by atoms with Crippen LogP contribution in [0.2, 0.25) is 0 Å². The molecule has 0 amide bonds. The molecule has 0 aliphatic heterocycles. The van der Waals surface area contributed by atoms with Gasteiger partial charge in [0.2, 0.25) is 0 Å². The van der Waals surface area contributed by atoms with E-state index in [9.17, 15) is 0 Å². The minimum atomic E-state index is 0.201. The highest BCUT2D eigenvalue weighted by Gasteiger charge is 2.10. The van der Waals surface area contributed by atoms with Crippen LogP contribution in [-0.2, 0) is 0 Å². The minimum absolute atomic E-state index is 0.201. The van der Waals surface area contributed by atoms with Crippen molar-refractivity contribution in [3.63, 3.8) is 0 Å². The molecule has 21 heavy (non-hydrogen) atoms. The van der Waals surface area contributed by atoms with Crippen molar-refractivity contribution in [1.82, 2.24) is 0 Å². The molecule has 3 heteroatoms. The van der Waals surface area contributed by atoms with Gasteiger partial charge in [0.25, 0.3) is 0 Å². The first-order valence-electron chi connectivity index (χ1n) is 7.11. The van der Waals surface area contributed by atoms with Crippen LogP contribution in [0.25, 0.3) is 0 Å². The van der Waals surface area contributed by atoms with Crippen molar-refractivity contribution in [3.05, 3.63) is 53.1 Å². The molecule has 0 heterocycles. The van der Waals surface area contributed by atoms with Crippen LogP contribution in [0.4, 0.5) is 5.69 Å². The first kappa shape index (κ1) is 15.2. The van der Waals surface area contributed by atoms with Crippen molar-refractivity contribution in [2.75, 3.05) is 19.5 Å². The lowest BCUT2D eigenvalue weighted by Crippen LogP contribution is -2.08. The maximum Gasteiger partial charge on any atom is 0.145 e. The molecule has 0 fully saturated rings. The van der Waals surface area contributed by atoms with Crippen molar-refractivity contribution in [2.45, 2.75) is 26.8 Å². The standard InChI is InChI=1S/C18H23NO2/c1-12-6-7-15(10-13(12)2)14(3)19-17-9-8-16(20-4)11-18(17)21-5/h6-11,14,19H,1-5H3. The van der Waals surface area contributed by atoms with Gasteiger partial charge in [0.1, 0.15) is 11.5 Å². The fourth-order valence-electron chi connectivity index (χ4n) is 2.27. The molecule has 3 nitrogen and oxygen atoms in total. The number of anilines is 1. The summed E-state index contributed by atoms with van der Waals surface area (Å²) in [7, 11) is 3.32. The average Bonchev–Trinajstić information content (AvgIpc) is 2.50. The third-order valence-electron chi connectivity index (χ3n) is 3.81. The average molecular weight is 285 g/mol. The molecule has 2 rings (SSSR count). The van der Waals surface area contributed by atoms with E-state index in [0.717, 1.165) is 17.2 Å². The lowest BCUT2D eigenvalue weighted by molar-refractivity contribution is 0.395. The molecule has 0 saturated carbocycles. The maximum atomic E-state index is 5.42. The summed E-state index contributed by atoms with van der Waals surface area (Å²) in [5.41, 5.74) is 4.84. The molecule has 1 unspecified atom stereocenters. The predicted octanol–water partition coefficient (Wildman–Crippen LogP) is 4.49. The molecule has 0 radical (unpaired) electrons. The smallest absolute Gasteiger partial charge is 0.145 e. The molecule has 0 saturated heterocycles. The molecule has 1 atom stereocenters. The first-order chi connectivity index (χ1) is 10.0. The van der Waals surface area contributed by atoms with Gasteiger partial charge in [-0.15, -0.1) is 0 Å². The SMILES string of the molecule is COc1ccc(NC(C)c2ccc(C)c(C)c2)c(OC)c1. The van der Waals surface area contributed by atoms with E-state index in [0.29, 0.717) is 0 Å². The number of nitrogens with one attached hydrogen (secondary N) is 1. The van der Waals surface area contributed by atoms with Gasteiger partial charge in [-0.05, 0) is 49.6 Å². The van der Waals surface area contributed by atoms with Crippen molar-refractivity contribution in [3.8, 4) is 11.5 Å². The number of aryl methyl sites for hydroxylation is 2. The zero-order chi connectivity index (χ0) is 15.4. The fourth-order valence-corrected chi connectivity index (χ4v) is 2.27. The number of methoxy groups -OCH3 is 2. The molecule has 0 aromatic heterocycles. The molecule has 2 aromatic carbocycles. The third kappa shape index (κ3) is 3.48. The van der Waals surface area contributed by atoms with Crippen LogP contribution >= 0.6 is 0 Å². The van der Waals surface area contributed by atoms with Gasteiger partial charge in [0.05, 0.1) is 19.9 Å². The minimum Gasteiger partial charge on any atom is -0.497 e. The van der Waals surface area contributed by atoms with E-state index in [1.807, 2.05) is 18.2 Å². The highest BCUT2D eigenvalue weighted by atomic mass is 16.5. The largest absolute Gasteiger partial charge is 0.497 e. The Kier molecular flexibility index (Phi) is 4.73. The summed E-state index contributed by atoms with van der Waals surface area (Å²) in [5.74, 6) is 1.57. The summed E-state index contributed by atoms with van der Waals surface area (Å²) in [6.07, 6.45) is 0. The van der Waals surface area contributed by atoms with Crippen molar-refractivity contribution in [2.24, 2.45) is 0 Å². The van der Waals surface area contributed by atoms with E-state index in [1.165, 1.54) is 16.7 Å². The van der Waals surface area contributed by atoms with Gasteiger partial charge in [-0.2, -0.15) is 0 Å². The molecule has 2 aromatic rings. The molecule has 112 valence electrons. The number of ether oxygens (including phenoxy) is 2. The van der Waals surface area contributed by atoms with Gasteiger partial charge in [0, 0.05) is 12.1 Å². The summed E-state index contributed by atoms with van der Waals surface area (Å²) in [4.78, 5) is 0. The van der Waals surface area contributed by atoms with Crippen LogP contribution in [0.15, 0.2) is 36.4 Å². The monoisotopic (exact) mass is 285 g/mol. The number of hydrogen-bond acceptors (Lipinski definition) is 3. The second-order valence-electron chi connectivity index (χ2n) is 5.28. The van der Waals surface area contributed by atoms with Crippen LogP contribution in [-0.4, -0.2) is 14.2 Å². The van der Waals surface area contributed by atoms with E-state index in [4.69, 9.17) is 9.47 Å². The molecule has 0 aliphatic carbocycles. The zero-order valence-electron chi connectivity index (χ0n) is 13.4. The lowest BCUT2D eigenvalue weighted by atomic mass is 10.0. The fraction of sp³-hybridized carbons (Fsp3) is 0.333. The molecule has 0 spiro atoms. The van der Waals surface area contributed by atoms with Gasteiger partial charge in [-0.1, -0.05) is 18.2 Å². The summed E-state index contributed by atoms with van der Waals surface area (Å²) in [6.45, 7) is 6.41. The van der Waals surface area contributed by atoms with Crippen LogP contribution in [0.1, 0.15) is 29.7 Å². The van der Waals surface area contributed by atoms with E-state index >= 15 is 0 Å². The number of rotatable bonds is 5. The van der Waals surface area contributed by atoms with E-state index in [2.05, 4.69) is 44.3 Å². The van der Waals surface area contributed by atoms with Crippen LogP contribution < -0.4 is 14.8 Å². The summed E-state index contributed by atoms with van der Waals surface area (Å²) < 4.78 is 10.6. The van der Waals surface area contributed by atoms with Crippen molar-refractivity contribution < 1.29 is 9.47 Å². The zero-order valence-corrected chi connectivity index (χ0v) is 13.4. The van der Waals surface area contributed by atoms with Gasteiger partial charge in [0.15, 0.2) is 0 Å². The molecular weight excluding hydrogens is 262 g/mol. The maximum absolute atomic E-state index is 5.42. The van der Waals surface area contributed by atoms with Crippen LogP contribution in [0, 0.1) is 13.8 Å². The quantitative estimate of drug-likeness (QED) is 0.877. The van der Waals surface area contributed by atoms with E-state index in [1.54, 1.807) is 14.2 Å². The molecule has 0 aliphatic rings. The summed E-state index contributed by atoms with van der Waals surface area (Å²) in [6, 6.07) is 12.5. The van der Waals surface area contributed by atoms with Gasteiger partial charge >= 0.3 is 0 Å². The van der Waals surface area contributed by atoms with Gasteiger partial charge < -0.3 is 14.8 Å². The summed E-state index contributed by atoms with van der Waals surface area (Å²) in [5, 5.41) is 3.50. The second-order valence-corrected chi connectivity index (χ2v) is 5.28. The Bertz CT molecular complexity index is 623. The van der Waals surface area contributed by atoms with Crippen LogP contribution in [0.3, 0.4) is 0 Å². The summed E-state index contributed by atoms with van der Waals surface area (Å²) >= 11 is 0. The Balaban J connectivity index is 2.22. The molecule has 1 N–H and O–H groups in total. The highest BCUT2D eigenvalue weighted by Crippen LogP contribution is 2.32.